The molecule has 0 heterocycles. The Kier molecular flexibility index (Phi) is 11.3. The van der Waals surface area contributed by atoms with Gasteiger partial charge < -0.3 is 4.74 Å². The second-order valence-corrected chi connectivity index (χ2v) is 6.05. The van der Waals surface area contributed by atoms with Crippen LogP contribution >= 0.6 is 0 Å². The number of hydrogen-bond donors (Lipinski definition) is 0. The zero-order chi connectivity index (χ0) is 17.7. The number of rotatable bonds is 12. The van der Waals surface area contributed by atoms with Gasteiger partial charge in [-0.1, -0.05) is 40.0 Å². The topological polar surface area (TPSA) is 71.1 Å². The van der Waals surface area contributed by atoms with E-state index in [4.69, 9.17) is 9.62 Å². The van der Waals surface area contributed by atoms with Crippen molar-refractivity contribution in [3.05, 3.63) is 12.2 Å². The average Bonchev–Trinajstić information content (AvgIpc) is 2.53. The van der Waals surface area contributed by atoms with E-state index < -0.39 is 17.5 Å². The number of ether oxygens (including phenoxy) is 1. The van der Waals surface area contributed by atoms with Crippen LogP contribution < -0.4 is 0 Å². The number of carbonyl (C=O) groups is 2. The highest BCUT2D eigenvalue weighted by atomic mass is 17.5. The summed E-state index contributed by atoms with van der Waals surface area (Å²) in [4.78, 5) is 32.1. The van der Waals surface area contributed by atoms with E-state index >= 15 is 0 Å². The highest BCUT2D eigenvalue weighted by Gasteiger charge is 2.18. The van der Waals surface area contributed by atoms with Crippen molar-refractivity contribution in [2.45, 2.75) is 72.3 Å². The van der Waals surface area contributed by atoms with Crippen molar-refractivity contribution in [3.63, 3.8) is 0 Å². The molecule has 0 aromatic rings. The van der Waals surface area contributed by atoms with Gasteiger partial charge in [-0.3, -0.25) is 4.89 Å². The summed E-state index contributed by atoms with van der Waals surface area (Å²) in [7, 11) is 0. The fraction of sp³-hybridized carbons (Fsp3) is 0.765. The van der Waals surface area contributed by atoms with Crippen molar-refractivity contribution in [1.29, 1.82) is 0 Å². The van der Waals surface area contributed by atoms with Gasteiger partial charge in [-0.2, -0.15) is 4.89 Å². The Labute approximate surface area is 139 Å². The smallest absolute Gasteiger partial charge is 0.369 e. The van der Waals surface area contributed by atoms with Gasteiger partial charge in [-0.25, -0.2) is 9.59 Å². The van der Waals surface area contributed by atoms with Gasteiger partial charge in [0.2, 0.25) is 0 Å². The van der Waals surface area contributed by atoms with E-state index in [1.807, 2.05) is 6.92 Å². The average molecular weight is 330 g/mol. The molecule has 0 aliphatic heterocycles. The molecule has 0 fully saturated rings. The van der Waals surface area contributed by atoms with Crippen LogP contribution in [0, 0.1) is 5.92 Å². The third-order valence-corrected chi connectivity index (χ3v) is 3.59. The lowest BCUT2D eigenvalue weighted by Gasteiger charge is -2.19. The molecule has 1 atom stereocenters. The summed E-state index contributed by atoms with van der Waals surface area (Å²) in [5.74, 6) is -1.06. The van der Waals surface area contributed by atoms with Gasteiger partial charge in [0.15, 0.2) is 0 Å². The quantitative estimate of drug-likeness (QED) is 0.234. The van der Waals surface area contributed by atoms with Crippen molar-refractivity contribution >= 4 is 11.9 Å². The third kappa shape index (κ3) is 11.8. The minimum Gasteiger partial charge on any atom is -0.462 e. The summed E-state index contributed by atoms with van der Waals surface area (Å²) < 4.78 is 5.11. The van der Waals surface area contributed by atoms with Crippen LogP contribution in [0.5, 0.6) is 0 Å². The zero-order valence-electron chi connectivity index (χ0n) is 14.9. The van der Waals surface area contributed by atoms with Crippen LogP contribution in [0.1, 0.15) is 66.7 Å². The maximum Gasteiger partial charge on any atom is 0.369 e. The number of esters is 1. The monoisotopic (exact) mass is 330 g/mol. The van der Waals surface area contributed by atoms with Gasteiger partial charge in [0, 0.05) is 12.2 Å². The van der Waals surface area contributed by atoms with Crippen LogP contribution in [0.3, 0.4) is 0 Å². The van der Waals surface area contributed by atoms with Gasteiger partial charge in [-0.15, -0.1) is 0 Å². The van der Waals surface area contributed by atoms with Crippen molar-refractivity contribution in [3.8, 4) is 0 Å². The number of hydrogen-bond acceptors (Lipinski definition) is 6. The molecule has 0 aliphatic rings. The first-order valence-corrected chi connectivity index (χ1v) is 8.25. The van der Waals surface area contributed by atoms with Crippen molar-refractivity contribution in [1.82, 2.24) is 0 Å². The first-order valence-electron chi connectivity index (χ1n) is 8.25. The maximum absolute atomic E-state index is 11.5. The number of unbranched alkanes of at least 4 members (excludes halogenated alkanes) is 1. The molecule has 0 amide bonds. The first kappa shape index (κ1) is 21.6. The fourth-order valence-corrected chi connectivity index (χ4v) is 1.51. The van der Waals surface area contributed by atoms with Crippen LogP contribution in [0.4, 0.5) is 0 Å². The molecule has 0 saturated heterocycles. The van der Waals surface area contributed by atoms with E-state index in [0.717, 1.165) is 37.8 Å². The molecule has 134 valence electrons. The largest absolute Gasteiger partial charge is 0.462 e. The van der Waals surface area contributed by atoms with Crippen molar-refractivity contribution in [2.75, 3.05) is 6.61 Å². The molecule has 0 N–H and O–H groups in total. The van der Waals surface area contributed by atoms with Gasteiger partial charge in [0.1, 0.15) is 5.60 Å². The third-order valence-electron chi connectivity index (χ3n) is 3.59. The van der Waals surface area contributed by atoms with E-state index in [-0.39, 0.29) is 0 Å². The number of carbonyl (C=O) groups excluding carboxylic acids is 2. The molecular weight excluding hydrogens is 300 g/mol. The Morgan fingerprint density at radius 2 is 1.74 bits per heavy atom. The predicted molar refractivity (Wildman–Crippen MR) is 86.0 cm³/mol. The van der Waals surface area contributed by atoms with Crippen molar-refractivity contribution in [2.24, 2.45) is 5.92 Å². The molecule has 1 unspecified atom stereocenters. The van der Waals surface area contributed by atoms with Crippen LogP contribution in [0.15, 0.2) is 12.2 Å². The summed E-state index contributed by atoms with van der Waals surface area (Å²) in [6.07, 6.45) is 6.86. The van der Waals surface area contributed by atoms with Crippen LogP contribution in [-0.4, -0.2) is 24.1 Å². The Hall–Kier alpha value is -1.40. The highest BCUT2D eigenvalue weighted by Crippen LogP contribution is 2.14. The summed E-state index contributed by atoms with van der Waals surface area (Å²) >= 11 is 0. The Morgan fingerprint density at radius 1 is 1.09 bits per heavy atom. The van der Waals surface area contributed by atoms with Crippen LogP contribution in [-0.2, 0) is 29.1 Å². The Bertz CT molecular complexity index is 375. The molecule has 0 aliphatic carbocycles. The molecular formula is C17H30O6. The van der Waals surface area contributed by atoms with E-state index in [1.165, 1.54) is 0 Å². The summed E-state index contributed by atoms with van der Waals surface area (Å²) in [6, 6.07) is 0. The Morgan fingerprint density at radius 3 is 2.30 bits per heavy atom. The normalized spacial score (nSPS) is 13.1. The standard InChI is InChI=1S/C17H30O6/c1-6-9-10-14(7-2)13-20-15(18)11-12-16(19)21-23-22-17(4,5)8-3/h11-12,14H,6-10,13H2,1-5H3. The molecule has 0 bridgehead atoms. The summed E-state index contributed by atoms with van der Waals surface area (Å²) in [6.45, 7) is 10.0. The highest BCUT2D eigenvalue weighted by molar-refractivity contribution is 5.91. The lowest BCUT2D eigenvalue weighted by molar-refractivity contribution is -0.515. The molecule has 0 saturated carbocycles. The molecule has 0 aromatic heterocycles. The lowest BCUT2D eigenvalue weighted by atomic mass is 10.0. The second-order valence-electron chi connectivity index (χ2n) is 6.05. The minimum absolute atomic E-state index is 0.354. The zero-order valence-corrected chi connectivity index (χ0v) is 14.9. The molecule has 6 nitrogen and oxygen atoms in total. The van der Waals surface area contributed by atoms with Crippen LogP contribution in [0.25, 0.3) is 0 Å². The van der Waals surface area contributed by atoms with E-state index in [9.17, 15) is 9.59 Å². The lowest BCUT2D eigenvalue weighted by Crippen LogP contribution is -2.24. The molecule has 0 radical (unpaired) electrons. The second kappa shape index (κ2) is 12.1. The molecule has 0 spiro atoms. The maximum atomic E-state index is 11.5. The summed E-state index contributed by atoms with van der Waals surface area (Å²) in [5, 5.41) is 4.39. The molecule has 0 rings (SSSR count). The molecule has 23 heavy (non-hydrogen) atoms. The molecule has 0 aromatic carbocycles. The van der Waals surface area contributed by atoms with Crippen molar-refractivity contribution < 1.29 is 29.1 Å². The Balaban J connectivity index is 3.99. The minimum atomic E-state index is -0.841. The van der Waals surface area contributed by atoms with E-state index in [0.29, 0.717) is 18.9 Å². The fourth-order valence-electron chi connectivity index (χ4n) is 1.51. The van der Waals surface area contributed by atoms with Crippen LogP contribution in [0.2, 0.25) is 0 Å². The SMILES string of the molecule is CCCCC(CC)COC(=O)C=CC(=O)OOOC(C)(C)CC. The van der Waals surface area contributed by atoms with E-state index in [2.05, 4.69) is 23.8 Å². The first-order chi connectivity index (χ1) is 10.8. The molecule has 6 heteroatoms. The van der Waals surface area contributed by atoms with E-state index in [1.54, 1.807) is 13.8 Å². The predicted octanol–water partition coefficient (Wildman–Crippen LogP) is 3.90. The van der Waals surface area contributed by atoms with Gasteiger partial charge in [0.25, 0.3) is 0 Å². The van der Waals surface area contributed by atoms with Gasteiger partial charge in [0.05, 0.1) is 6.61 Å². The van der Waals surface area contributed by atoms with Gasteiger partial charge in [-0.05, 0) is 37.6 Å². The van der Waals surface area contributed by atoms with Gasteiger partial charge >= 0.3 is 11.9 Å². The summed E-state index contributed by atoms with van der Waals surface area (Å²) in [5.41, 5.74) is -0.559.